The Kier molecular flexibility index (Phi) is 4.70. The van der Waals surface area contributed by atoms with E-state index in [1.165, 1.54) is 23.9 Å². The van der Waals surface area contributed by atoms with Crippen molar-refractivity contribution in [2.24, 2.45) is 0 Å². The van der Waals surface area contributed by atoms with Gasteiger partial charge in [-0.1, -0.05) is 30.3 Å². The summed E-state index contributed by atoms with van der Waals surface area (Å²) in [6, 6.07) is 20.8. The lowest BCUT2D eigenvalue weighted by Gasteiger charge is -2.33. The number of hydrogen-bond acceptors (Lipinski definition) is 4. The molecule has 0 radical (unpaired) electrons. The number of rotatable bonds is 4. The molecule has 0 saturated carbocycles. The van der Waals surface area contributed by atoms with E-state index in [0.717, 1.165) is 11.3 Å². The lowest BCUT2D eigenvalue weighted by Crippen LogP contribution is -2.49. The van der Waals surface area contributed by atoms with E-state index in [-0.39, 0.29) is 29.9 Å². The number of ether oxygens (including phenoxy) is 1. The first-order valence-electron chi connectivity index (χ1n) is 9.81. The van der Waals surface area contributed by atoms with Gasteiger partial charge in [0.15, 0.2) is 0 Å². The maximum absolute atomic E-state index is 13.9. The molecule has 3 aromatic carbocycles. The average molecular weight is 434 g/mol. The summed E-state index contributed by atoms with van der Waals surface area (Å²) in [5, 5.41) is 0. The first-order valence-corrected chi connectivity index (χ1v) is 10.8. The van der Waals surface area contributed by atoms with Gasteiger partial charge in [-0.15, -0.1) is 11.8 Å². The second-order valence-electron chi connectivity index (χ2n) is 7.40. The number of anilines is 2. The van der Waals surface area contributed by atoms with Crippen LogP contribution >= 0.6 is 11.8 Å². The fraction of sp³-hybridized carbons (Fsp3) is 0.167. The van der Waals surface area contributed by atoms with E-state index < -0.39 is 4.87 Å². The van der Waals surface area contributed by atoms with Crippen molar-refractivity contribution in [3.8, 4) is 5.75 Å². The number of halogens is 1. The molecule has 0 bridgehead atoms. The molecule has 0 unspecified atom stereocenters. The van der Waals surface area contributed by atoms with Crippen molar-refractivity contribution in [3.63, 3.8) is 0 Å². The van der Waals surface area contributed by atoms with Crippen LogP contribution in [-0.2, 0) is 21.0 Å². The Labute approximate surface area is 183 Å². The van der Waals surface area contributed by atoms with E-state index >= 15 is 0 Å². The molecule has 2 heterocycles. The summed E-state index contributed by atoms with van der Waals surface area (Å²) in [7, 11) is 1.58. The number of fused-ring (bicyclic) bond motifs is 2. The van der Waals surface area contributed by atoms with Crippen molar-refractivity contribution in [2.45, 2.75) is 11.4 Å². The molecule has 0 aromatic heterocycles. The standard InChI is InChI=1S/C24H19FN2O3S/c1-30-19-11-9-18(10-12-19)27-22(28)15-31-24(27)20-7-2-3-8-21(20)26(23(24)29)14-16-5-4-6-17(25)13-16/h2-13H,14-15H2,1H3/t24-/m0/s1. The molecule has 5 rings (SSSR count). The van der Waals surface area contributed by atoms with Gasteiger partial charge in [0.2, 0.25) is 10.8 Å². The van der Waals surface area contributed by atoms with Gasteiger partial charge in [-0.2, -0.15) is 0 Å². The highest BCUT2D eigenvalue weighted by Gasteiger charge is 2.60. The maximum atomic E-state index is 13.9. The third-order valence-corrected chi connectivity index (χ3v) is 7.01. The molecule has 1 saturated heterocycles. The van der Waals surface area contributed by atoms with Crippen LogP contribution in [0, 0.1) is 5.82 Å². The van der Waals surface area contributed by atoms with Gasteiger partial charge in [-0.05, 0) is 48.0 Å². The first kappa shape index (κ1) is 19.6. The predicted octanol–water partition coefficient (Wildman–Crippen LogP) is 4.31. The zero-order valence-corrected chi connectivity index (χ0v) is 17.6. The van der Waals surface area contributed by atoms with Crippen molar-refractivity contribution in [1.82, 2.24) is 0 Å². The Morgan fingerprint density at radius 1 is 1.03 bits per heavy atom. The van der Waals surface area contributed by atoms with Crippen LogP contribution in [0.15, 0.2) is 72.8 Å². The molecule has 5 nitrogen and oxygen atoms in total. The zero-order chi connectivity index (χ0) is 21.6. The quantitative estimate of drug-likeness (QED) is 0.614. The molecule has 2 aliphatic heterocycles. The van der Waals surface area contributed by atoms with Crippen molar-refractivity contribution >= 4 is 35.0 Å². The van der Waals surface area contributed by atoms with E-state index in [0.29, 0.717) is 17.0 Å². The number of para-hydroxylation sites is 1. The molecule has 0 aliphatic carbocycles. The summed E-state index contributed by atoms with van der Waals surface area (Å²) in [6.45, 7) is 0.223. The van der Waals surface area contributed by atoms with E-state index in [2.05, 4.69) is 0 Å². The lowest BCUT2D eigenvalue weighted by atomic mass is 10.0. The van der Waals surface area contributed by atoms with Crippen LogP contribution in [0.3, 0.4) is 0 Å². The normalized spacial score (nSPS) is 19.9. The Balaban J connectivity index is 1.62. The SMILES string of the molecule is COc1ccc(N2C(=O)CS[C@@]23C(=O)N(Cc2cccc(F)c2)c2ccccc23)cc1. The van der Waals surface area contributed by atoms with Crippen molar-refractivity contribution in [3.05, 3.63) is 89.7 Å². The van der Waals surface area contributed by atoms with Crippen molar-refractivity contribution in [1.29, 1.82) is 0 Å². The number of benzene rings is 3. The van der Waals surface area contributed by atoms with Gasteiger partial charge in [-0.25, -0.2) is 4.39 Å². The summed E-state index contributed by atoms with van der Waals surface area (Å²) in [4.78, 5) is 29.0. The first-order chi connectivity index (χ1) is 15.0. The highest BCUT2D eigenvalue weighted by Crippen LogP contribution is 2.56. The molecule has 1 spiro atoms. The van der Waals surface area contributed by atoms with Gasteiger partial charge >= 0.3 is 0 Å². The Hall–Kier alpha value is -3.32. The molecule has 0 N–H and O–H groups in total. The minimum atomic E-state index is -1.18. The Bertz CT molecular complexity index is 1180. The van der Waals surface area contributed by atoms with E-state index in [4.69, 9.17) is 4.74 Å². The molecule has 3 aromatic rings. The van der Waals surface area contributed by atoms with E-state index in [1.54, 1.807) is 53.3 Å². The van der Waals surface area contributed by atoms with E-state index in [9.17, 15) is 14.0 Å². The molecular formula is C24H19FN2O3S. The van der Waals surface area contributed by atoms with E-state index in [1.807, 2.05) is 24.3 Å². The fourth-order valence-electron chi connectivity index (χ4n) is 4.26. The monoisotopic (exact) mass is 434 g/mol. The highest BCUT2D eigenvalue weighted by atomic mass is 32.2. The summed E-state index contributed by atoms with van der Waals surface area (Å²) in [5.41, 5.74) is 2.82. The molecular weight excluding hydrogens is 415 g/mol. The van der Waals surface area contributed by atoms with Crippen LogP contribution < -0.4 is 14.5 Å². The summed E-state index contributed by atoms with van der Waals surface area (Å²) in [6.07, 6.45) is 0. The van der Waals surface area contributed by atoms with Crippen LogP contribution in [-0.4, -0.2) is 24.7 Å². The van der Waals surface area contributed by atoms with Gasteiger partial charge < -0.3 is 9.64 Å². The Morgan fingerprint density at radius 3 is 2.55 bits per heavy atom. The highest BCUT2D eigenvalue weighted by molar-refractivity contribution is 8.02. The number of nitrogens with zero attached hydrogens (tertiary/aromatic N) is 2. The number of methoxy groups -OCH3 is 1. The average Bonchev–Trinajstić information content (AvgIpc) is 3.25. The second-order valence-corrected chi connectivity index (χ2v) is 8.57. The van der Waals surface area contributed by atoms with Crippen LogP contribution in [0.25, 0.3) is 0 Å². The maximum Gasteiger partial charge on any atom is 0.269 e. The second kappa shape index (κ2) is 7.42. The molecule has 2 aliphatic rings. The number of amides is 2. The van der Waals surface area contributed by atoms with Crippen LogP contribution in [0.2, 0.25) is 0 Å². The third kappa shape index (κ3) is 2.99. The van der Waals surface area contributed by atoms with Crippen LogP contribution in [0.4, 0.5) is 15.8 Å². The number of carbonyl (C=O) groups excluding carboxylic acids is 2. The Morgan fingerprint density at radius 2 is 1.81 bits per heavy atom. The number of hydrogen-bond donors (Lipinski definition) is 0. The predicted molar refractivity (Wildman–Crippen MR) is 119 cm³/mol. The largest absolute Gasteiger partial charge is 0.497 e. The minimum absolute atomic E-state index is 0.133. The smallest absolute Gasteiger partial charge is 0.269 e. The van der Waals surface area contributed by atoms with Crippen molar-refractivity contribution < 1.29 is 18.7 Å². The van der Waals surface area contributed by atoms with Crippen LogP contribution in [0.5, 0.6) is 5.75 Å². The molecule has 1 fully saturated rings. The molecule has 2 amide bonds. The number of carbonyl (C=O) groups is 2. The van der Waals surface area contributed by atoms with Gasteiger partial charge in [0.1, 0.15) is 11.6 Å². The topological polar surface area (TPSA) is 49.9 Å². The van der Waals surface area contributed by atoms with Crippen LogP contribution in [0.1, 0.15) is 11.1 Å². The summed E-state index contributed by atoms with van der Waals surface area (Å²) in [5.74, 6) is 0.177. The fourth-order valence-corrected chi connectivity index (χ4v) is 5.62. The zero-order valence-electron chi connectivity index (χ0n) is 16.7. The van der Waals surface area contributed by atoms with Crippen molar-refractivity contribution in [2.75, 3.05) is 22.7 Å². The molecule has 31 heavy (non-hydrogen) atoms. The third-order valence-electron chi connectivity index (χ3n) is 5.62. The van der Waals surface area contributed by atoms with Gasteiger partial charge in [0, 0.05) is 11.3 Å². The minimum Gasteiger partial charge on any atom is -0.497 e. The van der Waals surface area contributed by atoms with Gasteiger partial charge in [-0.3, -0.25) is 14.5 Å². The summed E-state index contributed by atoms with van der Waals surface area (Å²) < 4.78 is 19.0. The lowest BCUT2D eigenvalue weighted by molar-refractivity contribution is -0.123. The van der Waals surface area contributed by atoms with Gasteiger partial charge in [0.25, 0.3) is 5.91 Å². The molecule has 7 heteroatoms. The molecule has 1 atom stereocenters. The summed E-state index contributed by atoms with van der Waals surface area (Å²) >= 11 is 1.32. The number of thioether (sulfide) groups is 1. The van der Waals surface area contributed by atoms with Gasteiger partial charge in [0.05, 0.1) is 25.1 Å². The molecule has 156 valence electrons.